The summed E-state index contributed by atoms with van der Waals surface area (Å²) in [4.78, 5) is 2.50. The average Bonchev–Trinajstić information content (AvgIpc) is 2.13. The third-order valence-corrected chi connectivity index (χ3v) is 2.12. The van der Waals surface area contributed by atoms with E-state index >= 15 is 0 Å². The van der Waals surface area contributed by atoms with Crippen molar-refractivity contribution in [3.8, 4) is 0 Å². The van der Waals surface area contributed by atoms with Crippen molar-refractivity contribution in [2.24, 2.45) is 0 Å². The van der Waals surface area contributed by atoms with Crippen molar-refractivity contribution in [3.63, 3.8) is 0 Å². The van der Waals surface area contributed by atoms with Crippen LogP contribution in [0.1, 0.15) is 20.3 Å². The molecule has 0 aromatic rings. The van der Waals surface area contributed by atoms with E-state index in [2.05, 4.69) is 24.1 Å². The molecule has 0 aromatic carbocycles. The molecule has 1 fully saturated rings. The highest BCUT2D eigenvalue weighted by Crippen LogP contribution is 1.98. The summed E-state index contributed by atoms with van der Waals surface area (Å²) in [7, 11) is 0. The summed E-state index contributed by atoms with van der Waals surface area (Å²) >= 11 is 0. The molecule has 0 spiro atoms. The molecule has 1 atom stereocenters. The summed E-state index contributed by atoms with van der Waals surface area (Å²) in [5.41, 5.74) is 0. The van der Waals surface area contributed by atoms with Gasteiger partial charge in [0.1, 0.15) is 0 Å². The van der Waals surface area contributed by atoms with Gasteiger partial charge in [0, 0.05) is 12.6 Å². The molecule has 0 radical (unpaired) electrons. The molecule has 0 saturated carbocycles. The van der Waals surface area contributed by atoms with E-state index in [-0.39, 0.29) is 0 Å². The molecule has 2 heteroatoms. The predicted octanol–water partition coefficient (Wildman–Crippen LogP) is 0.690. The fraction of sp³-hybridized carbons (Fsp3) is 1.00. The van der Waals surface area contributed by atoms with E-state index in [1.807, 2.05) is 0 Å². The fourth-order valence-corrected chi connectivity index (χ4v) is 1.48. The van der Waals surface area contributed by atoms with Crippen LogP contribution in [0.25, 0.3) is 0 Å². The predicted molar refractivity (Wildman–Crippen MR) is 44.2 cm³/mol. The zero-order chi connectivity index (χ0) is 7.40. The van der Waals surface area contributed by atoms with Gasteiger partial charge in [0.25, 0.3) is 0 Å². The second kappa shape index (κ2) is 3.94. The second-order valence-corrected chi connectivity index (χ2v) is 3.10. The Balaban J connectivity index is 2.30. The Morgan fingerprint density at radius 1 is 1.60 bits per heavy atom. The maximum Gasteiger partial charge on any atom is 0.0166 e. The topological polar surface area (TPSA) is 15.3 Å². The van der Waals surface area contributed by atoms with Crippen molar-refractivity contribution >= 4 is 0 Å². The normalized spacial score (nSPS) is 30.0. The number of hydrogen-bond acceptors (Lipinski definition) is 2. The maximum absolute atomic E-state index is 3.47. The van der Waals surface area contributed by atoms with Gasteiger partial charge in [-0.1, -0.05) is 6.92 Å². The van der Waals surface area contributed by atoms with Crippen LogP contribution in [0, 0.1) is 0 Å². The van der Waals surface area contributed by atoms with Gasteiger partial charge >= 0.3 is 0 Å². The smallest absolute Gasteiger partial charge is 0.0166 e. The Labute approximate surface area is 63.6 Å². The molecule has 1 rings (SSSR count). The first-order chi connectivity index (χ1) is 4.83. The standard InChI is InChI=1S/C8H18N2/c1-3-10-6-4-5-9-8(2)7-10/h8-9H,3-7H2,1-2H3/t8-/m0/s1. The lowest BCUT2D eigenvalue weighted by atomic mass is 10.3. The van der Waals surface area contributed by atoms with Crippen LogP contribution in [0.3, 0.4) is 0 Å². The van der Waals surface area contributed by atoms with E-state index in [4.69, 9.17) is 0 Å². The number of nitrogens with one attached hydrogen (secondary N) is 1. The summed E-state index contributed by atoms with van der Waals surface area (Å²) in [6.45, 7) is 9.38. The monoisotopic (exact) mass is 142 g/mol. The zero-order valence-corrected chi connectivity index (χ0v) is 7.06. The van der Waals surface area contributed by atoms with Crippen LogP contribution in [0.15, 0.2) is 0 Å². The Bertz CT molecular complexity index is 93.3. The Hall–Kier alpha value is -0.0800. The molecule has 1 N–H and O–H groups in total. The minimum Gasteiger partial charge on any atom is -0.313 e. The third-order valence-electron chi connectivity index (χ3n) is 2.12. The lowest BCUT2D eigenvalue weighted by Crippen LogP contribution is -2.35. The molecule has 0 unspecified atom stereocenters. The summed E-state index contributed by atoms with van der Waals surface area (Å²) in [6, 6.07) is 0.683. The van der Waals surface area contributed by atoms with Crippen molar-refractivity contribution in [1.29, 1.82) is 0 Å². The van der Waals surface area contributed by atoms with Crippen LogP contribution >= 0.6 is 0 Å². The SMILES string of the molecule is CCN1CCCN[C@@H](C)C1. The number of nitrogens with zero attached hydrogens (tertiary/aromatic N) is 1. The molecule has 0 bridgehead atoms. The molecule has 2 nitrogen and oxygen atoms in total. The molecule has 1 saturated heterocycles. The first-order valence-corrected chi connectivity index (χ1v) is 4.28. The first-order valence-electron chi connectivity index (χ1n) is 4.28. The Morgan fingerprint density at radius 3 is 3.10 bits per heavy atom. The van der Waals surface area contributed by atoms with Gasteiger partial charge in [0.05, 0.1) is 0 Å². The van der Waals surface area contributed by atoms with E-state index in [1.54, 1.807) is 0 Å². The van der Waals surface area contributed by atoms with Gasteiger partial charge in [0.2, 0.25) is 0 Å². The van der Waals surface area contributed by atoms with Crippen LogP contribution in [-0.4, -0.2) is 37.1 Å². The maximum atomic E-state index is 3.47. The molecular weight excluding hydrogens is 124 g/mol. The quantitative estimate of drug-likeness (QED) is 0.579. The largest absolute Gasteiger partial charge is 0.313 e. The first kappa shape index (κ1) is 8.02. The number of likely N-dealkylation sites (N-methyl/N-ethyl adjacent to an activating group) is 1. The Kier molecular flexibility index (Phi) is 3.16. The summed E-state index contributed by atoms with van der Waals surface area (Å²) in [6.07, 6.45) is 1.30. The Morgan fingerprint density at radius 2 is 2.40 bits per heavy atom. The molecule has 1 aliphatic heterocycles. The molecule has 0 aromatic heterocycles. The fourth-order valence-electron chi connectivity index (χ4n) is 1.48. The van der Waals surface area contributed by atoms with Gasteiger partial charge in [-0.05, 0) is 33.0 Å². The second-order valence-electron chi connectivity index (χ2n) is 3.10. The van der Waals surface area contributed by atoms with Crippen molar-refractivity contribution in [2.75, 3.05) is 26.2 Å². The van der Waals surface area contributed by atoms with Crippen molar-refractivity contribution in [1.82, 2.24) is 10.2 Å². The molecule has 1 heterocycles. The lowest BCUT2D eigenvalue weighted by molar-refractivity contribution is 0.287. The van der Waals surface area contributed by atoms with Crippen LogP contribution in [0.5, 0.6) is 0 Å². The van der Waals surface area contributed by atoms with Gasteiger partial charge in [-0.2, -0.15) is 0 Å². The summed E-state index contributed by atoms with van der Waals surface area (Å²) in [5.74, 6) is 0. The number of rotatable bonds is 1. The average molecular weight is 142 g/mol. The number of hydrogen-bond donors (Lipinski definition) is 1. The van der Waals surface area contributed by atoms with Crippen LogP contribution in [0.4, 0.5) is 0 Å². The van der Waals surface area contributed by atoms with E-state index < -0.39 is 0 Å². The molecule has 60 valence electrons. The van der Waals surface area contributed by atoms with E-state index in [0.29, 0.717) is 6.04 Å². The van der Waals surface area contributed by atoms with E-state index in [9.17, 15) is 0 Å². The van der Waals surface area contributed by atoms with Gasteiger partial charge in [0.15, 0.2) is 0 Å². The van der Waals surface area contributed by atoms with Crippen LogP contribution < -0.4 is 5.32 Å². The lowest BCUT2D eigenvalue weighted by Gasteiger charge is -2.19. The molecular formula is C8H18N2. The van der Waals surface area contributed by atoms with Crippen molar-refractivity contribution < 1.29 is 0 Å². The van der Waals surface area contributed by atoms with Gasteiger partial charge in [-0.25, -0.2) is 0 Å². The minimum atomic E-state index is 0.683. The van der Waals surface area contributed by atoms with Gasteiger partial charge in [-0.15, -0.1) is 0 Å². The molecule has 1 aliphatic rings. The minimum absolute atomic E-state index is 0.683. The molecule has 0 aliphatic carbocycles. The van der Waals surface area contributed by atoms with Crippen LogP contribution in [0.2, 0.25) is 0 Å². The highest BCUT2D eigenvalue weighted by Gasteiger charge is 2.10. The third kappa shape index (κ3) is 2.27. The van der Waals surface area contributed by atoms with E-state index in [0.717, 1.165) is 0 Å². The highest BCUT2D eigenvalue weighted by molar-refractivity contribution is 4.71. The molecule has 10 heavy (non-hydrogen) atoms. The van der Waals surface area contributed by atoms with E-state index in [1.165, 1.54) is 32.6 Å². The van der Waals surface area contributed by atoms with Gasteiger partial charge in [-0.3, -0.25) is 0 Å². The highest BCUT2D eigenvalue weighted by atomic mass is 15.2. The summed E-state index contributed by atoms with van der Waals surface area (Å²) in [5, 5.41) is 3.47. The van der Waals surface area contributed by atoms with Crippen LogP contribution in [-0.2, 0) is 0 Å². The summed E-state index contributed by atoms with van der Waals surface area (Å²) < 4.78 is 0. The van der Waals surface area contributed by atoms with Crippen molar-refractivity contribution in [3.05, 3.63) is 0 Å². The van der Waals surface area contributed by atoms with Gasteiger partial charge < -0.3 is 10.2 Å². The molecule has 0 amide bonds. The zero-order valence-electron chi connectivity index (χ0n) is 7.06. The van der Waals surface area contributed by atoms with Crippen molar-refractivity contribution in [2.45, 2.75) is 26.3 Å².